The second-order valence-electron chi connectivity index (χ2n) is 3.49. The molecule has 4 N–H and O–H groups in total. The molecule has 0 radical (unpaired) electrons. The quantitative estimate of drug-likeness (QED) is 0.535. The van der Waals surface area contributed by atoms with E-state index in [1.165, 1.54) is 6.07 Å². The van der Waals surface area contributed by atoms with E-state index in [2.05, 4.69) is 31.9 Å². The molecule has 1 aromatic carbocycles. The Morgan fingerprint density at radius 2 is 1.53 bits per heavy atom. The standard InChI is InChI=1S/C9H7Br2F5N2.ClH/c10-3-1-4(6(17)5(11)2-3)7(18)8(12,13)9(14,15)16;/h1-2,7H,17-18H2;1H/t7-;/m0./s1. The van der Waals surface area contributed by atoms with Crippen molar-refractivity contribution in [2.24, 2.45) is 5.73 Å². The first-order valence-electron chi connectivity index (χ1n) is 4.43. The molecular formula is C9H8Br2ClF5N2. The number of rotatable bonds is 2. The number of halogens is 8. The average molecular weight is 434 g/mol. The number of benzene rings is 1. The monoisotopic (exact) mass is 432 g/mol. The van der Waals surface area contributed by atoms with Gasteiger partial charge < -0.3 is 11.5 Å². The van der Waals surface area contributed by atoms with Crippen LogP contribution >= 0.6 is 44.3 Å². The fraction of sp³-hybridized carbons (Fsp3) is 0.333. The first kappa shape index (κ1) is 18.9. The summed E-state index contributed by atoms with van der Waals surface area (Å²) in [5.41, 5.74) is 9.71. The SMILES string of the molecule is Cl.Nc1c(Br)cc(Br)cc1[C@H](N)C(F)(F)C(F)(F)F. The lowest BCUT2D eigenvalue weighted by molar-refractivity contribution is -0.290. The fourth-order valence-electron chi connectivity index (χ4n) is 1.23. The molecule has 0 aromatic heterocycles. The summed E-state index contributed by atoms with van der Waals surface area (Å²) in [5, 5.41) is 0. The summed E-state index contributed by atoms with van der Waals surface area (Å²) < 4.78 is 63.3. The van der Waals surface area contributed by atoms with Gasteiger partial charge in [-0.05, 0) is 28.1 Å². The van der Waals surface area contributed by atoms with Crippen LogP contribution in [0.3, 0.4) is 0 Å². The van der Waals surface area contributed by atoms with Gasteiger partial charge in [0.15, 0.2) is 0 Å². The predicted molar refractivity (Wildman–Crippen MR) is 71.4 cm³/mol. The van der Waals surface area contributed by atoms with Gasteiger partial charge in [-0.15, -0.1) is 12.4 Å². The van der Waals surface area contributed by atoms with Gasteiger partial charge in [0.2, 0.25) is 0 Å². The van der Waals surface area contributed by atoms with Crippen LogP contribution < -0.4 is 11.5 Å². The molecule has 1 aromatic rings. The minimum Gasteiger partial charge on any atom is -0.398 e. The number of hydrogen-bond acceptors (Lipinski definition) is 2. The second kappa shape index (κ2) is 6.11. The topological polar surface area (TPSA) is 52.0 Å². The maximum absolute atomic E-state index is 13.1. The summed E-state index contributed by atoms with van der Waals surface area (Å²) in [5.74, 6) is -5.07. The largest absolute Gasteiger partial charge is 0.455 e. The van der Waals surface area contributed by atoms with E-state index in [9.17, 15) is 22.0 Å². The summed E-state index contributed by atoms with van der Waals surface area (Å²) in [6.07, 6.45) is -5.74. The lowest BCUT2D eigenvalue weighted by atomic mass is 9.99. The van der Waals surface area contributed by atoms with Crippen LogP contribution in [0.15, 0.2) is 21.1 Å². The minimum absolute atomic E-state index is 0. The van der Waals surface area contributed by atoms with Crippen LogP contribution in [-0.2, 0) is 0 Å². The molecular weight excluding hydrogens is 426 g/mol. The zero-order chi connectivity index (χ0) is 14.3. The number of anilines is 1. The van der Waals surface area contributed by atoms with E-state index in [4.69, 9.17) is 11.5 Å². The third-order valence-corrected chi connectivity index (χ3v) is 3.34. The zero-order valence-corrected chi connectivity index (χ0v) is 12.9. The summed E-state index contributed by atoms with van der Waals surface area (Å²) >= 11 is 5.91. The van der Waals surface area contributed by atoms with Crippen LogP contribution in [0.25, 0.3) is 0 Å². The molecule has 10 heteroatoms. The molecule has 0 bridgehead atoms. The molecule has 19 heavy (non-hydrogen) atoms. The van der Waals surface area contributed by atoms with E-state index in [-0.39, 0.29) is 27.0 Å². The van der Waals surface area contributed by atoms with Crippen molar-refractivity contribution < 1.29 is 22.0 Å². The van der Waals surface area contributed by atoms with Crippen LogP contribution in [0.4, 0.5) is 27.6 Å². The summed E-state index contributed by atoms with van der Waals surface area (Å²) in [7, 11) is 0. The molecule has 0 aliphatic rings. The minimum atomic E-state index is -5.74. The van der Waals surface area contributed by atoms with Crippen molar-refractivity contribution in [3.8, 4) is 0 Å². The van der Waals surface area contributed by atoms with Gasteiger partial charge in [0.05, 0.1) is 5.69 Å². The highest BCUT2D eigenvalue weighted by molar-refractivity contribution is 9.11. The van der Waals surface area contributed by atoms with E-state index >= 15 is 0 Å². The summed E-state index contributed by atoms with van der Waals surface area (Å²) in [4.78, 5) is 0. The van der Waals surface area contributed by atoms with Crippen LogP contribution in [-0.4, -0.2) is 12.1 Å². The van der Waals surface area contributed by atoms with Crippen molar-refractivity contribution in [2.75, 3.05) is 5.73 Å². The Kier molecular flexibility index (Phi) is 6.07. The van der Waals surface area contributed by atoms with Gasteiger partial charge in [-0.2, -0.15) is 22.0 Å². The van der Waals surface area contributed by atoms with Crippen LogP contribution in [0.5, 0.6) is 0 Å². The maximum Gasteiger partial charge on any atom is 0.455 e. The molecule has 2 nitrogen and oxygen atoms in total. The molecule has 0 amide bonds. The molecule has 0 saturated carbocycles. The number of nitrogen functional groups attached to an aromatic ring is 1. The molecule has 0 saturated heterocycles. The Balaban J connectivity index is 0.00000324. The Hall–Kier alpha value is -0.120. The van der Waals surface area contributed by atoms with E-state index < -0.39 is 23.7 Å². The number of nitrogens with two attached hydrogens (primary N) is 2. The summed E-state index contributed by atoms with van der Waals surface area (Å²) in [6, 6.07) is -0.131. The van der Waals surface area contributed by atoms with Crippen LogP contribution in [0.2, 0.25) is 0 Å². The van der Waals surface area contributed by atoms with Crippen molar-refractivity contribution in [3.05, 3.63) is 26.6 Å². The third-order valence-electron chi connectivity index (χ3n) is 2.23. The zero-order valence-electron chi connectivity index (χ0n) is 8.94. The number of hydrogen-bond donors (Lipinski definition) is 2. The van der Waals surface area contributed by atoms with Crippen molar-refractivity contribution in [2.45, 2.75) is 18.1 Å². The smallest absolute Gasteiger partial charge is 0.398 e. The highest BCUT2D eigenvalue weighted by Gasteiger charge is 2.62. The van der Waals surface area contributed by atoms with Gasteiger partial charge in [0.1, 0.15) is 6.04 Å². The number of alkyl halides is 5. The Bertz CT molecular complexity index is 467. The highest BCUT2D eigenvalue weighted by atomic mass is 79.9. The molecule has 110 valence electrons. The molecule has 0 fully saturated rings. The first-order valence-corrected chi connectivity index (χ1v) is 6.01. The van der Waals surface area contributed by atoms with E-state index in [1.54, 1.807) is 0 Å². The Morgan fingerprint density at radius 1 is 1.05 bits per heavy atom. The molecule has 0 heterocycles. The van der Waals surface area contributed by atoms with Gasteiger partial charge in [0, 0.05) is 14.5 Å². The molecule has 1 rings (SSSR count). The molecule has 0 aliphatic heterocycles. The van der Waals surface area contributed by atoms with Crippen molar-refractivity contribution >= 4 is 50.0 Å². The van der Waals surface area contributed by atoms with Gasteiger partial charge in [-0.1, -0.05) is 15.9 Å². The lowest BCUT2D eigenvalue weighted by Gasteiger charge is -2.27. The van der Waals surface area contributed by atoms with E-state index in [0.717, 1.165) is 6.07 Å². The van der Waals surface area contributed by atoms with Crippen molar-refractivity contribution in [3.63, 3.8) is 0 Å². The normalized spacial score (nSPS) is 13.9. The molecule has 0 unspecified atom stereocenters. The Morgan fingerprint density at radius 3 is 1.95 bits per heavy atom. The average Bonchev–Trinajstić information content (AvgIpc) is 2.20. The molecule has 1 atom stereocenters. The third kappa shape index (κ3) is 3.71. The van der Waals surface area contributed by atoms with Crippen LogP contribution in [0, 0.1) is 0 Å². The van der Waals surface area contributed by atoms with Gasteiger partial charge in [0.25, 0.3) is 0 Å². The van der Waals surface area contributed by atoms with Gasteiger partial charge in [-0.3, -0.25) is 0 Å². The summed E-state index contributed by atoms with van der Waals surface area (Å²) in [6.45, 7) is 0. The van der Waals surface area contributed by atoms with Crippen LogP contribution in [0.1, 0.15) is 11.6 Å². The maximum atomic E-state index is 13.1. The Labute approximate surface area is 128 Å². The first-order chi connectivity index (χ1) is 7.98. The van der Waals surface area contributed by atoms with Crippen molar-refractivity contribution in [1.82, 2.24) is 0 Å². The van der Waals surface area contributed by atoms with E-state index in [0.29, 0.717) is 0 Å². The van der Waals surface area contributed by atoms with Gasteiger partial charge >= 0.3 is 12.1 Å². The molecule has 0 aliphatic carbocycles. The second-order valence-corrected chi connectivity index (χ2v) is 5.26. The predicted octanol–water partition coefficient (Wildman–Crippen LogP) is 4.41. The highest BCUT2D eigenvalue weighted by Crippen LogP contribution is 2.45. The van der Waals surface area contributed by atoms with Gasteiger partial charge in [-0.25, -0.2) is 0 Å². The van der Waals surface area contributed by atoms with Crippen molar-refractivity contribution in [1.29, 1.82) is 0 Å². The fourth-order valence-corrected chi connectivity index (χ4v) is 2.49. The lowest BCUT2D eigenvalue weighted by Crippen LogP contribution is -2.46. The molecule has 0 spiro atoms. The van der Waals surface area contributed by atoms with E-state index in [1.807, 2.05) is 0 Å².